The zero-order chi connectivity index (χ0) is 13.2. The second-order valence-electron chi connectivity index (χ2n) is 6.02. The Morgan fingerprint density at radius 2 is 1.94 bits per heavy atom. The third-order valence-electron chi connectivity index (χ3n) is 3.34. The summed E-state index contributed by atoms with van der Waals surface area (Å²) < 4.78 is 6.30. The molecule has 3 heteroatoms. The van der Waals surface area contributed by atoms with Crippen molar-refractivity contribution in [3.05, 3.63) is 35.4 Å². The number of nitriles is 1. The Labute approximate surface area is 111 Å². The standard InChI is InChI=1S/C15H21NOSi/c1-18(2,3)17-15(12-16)11-7-6-9-13-8-4-5-10-14(13)15/h4-5,8,10H,6-7,9,11H2,1-3H3. The molecule has 96 valence electrons. The fourth-order valence-electron chi connectivity index (χ4n) is 2.72. The molecule has 0 bridgehead atoms. The van der Waals surface area contributed by atoms with Crippen molar-refractivity contribution in [2.75, 3.05) is 0 Å². The van der Waals surface area contributed by atoms with Gasteiger partial charge >= 0.3 is 0 Å². The molecule has 0 spiro atoms. The van der Waals surface area contributed by atoms with Crippen molar-refractivity contribution in [3.63, 3.8) is 0 Å². The summed E-state index contributed by atoms with van der Waals surface area (Å²) in [5.74, 6) is 0. The van der Waals surface area contributed by atoms with E-state index in [1.165, 1.54) is 5.56 Å². The second kappa shape index (κ2) is 4.87. The summed E-state index contributed by atoms with van der Waals surface area (Å²) in [6.45, 7) is 6.46. The van der Waals surface area contributed by atoms with E-state index in [0.717, 1.165) is 31.2 Å². The van der Waals surface area contributed by atoms with Crippen LogP contribution in [0.15, 0.2) is 24.3 Å². The Morgan fingerprint density at radius 3 is 2.61 bits per heavy atom. The molecule has 0 heterocycles. The summed E-state index contributed by atoms with van der Waals surface area (Å²) in [5.41, 5.74) is 1.68. The Bertz CT molecular complexity index is 472. The first-order chi connectivity index (χ1) is 8.47. The Kier molecular flexibility index (Phi) is 3.60. The first kappa shape index (κ1) is 13.3. The van der Waals surface area contributed by atoms with Crippen LogP contribution >= 0.6 is 0 Å². The average molecular weight is 259 g/mol. The summed E-state index contributed by atoms with van der Waals surface area (Å²) in [4.78, 5) is 0. The van der Waals surface area contributed by atoms with E-state index in [9.17, 15) is 5.26 Å². The molecule has 0 amide bonds. The Hall–Kier alpha value is -1.11. The van der Waals surface area contributed by atoms with Crippen LogP contribution in [0.25, 0.3) is 0 Å². The van der Waals surface area contributed by atoms with Gasteiger partial charge in [0, 0.05) is 5.56 Å². The molecule has 2 rings (SSSR count). The summed E-state index contributed by atoms with van der Waals surface area (Å²) in [6, 6.07) is 10.8. The van der Waals surface area contributed by atoms with Crippen molar-refractivity contribution < 1.29 is 4.43 Å². The van der Waals surface area contributed by atoms with Crippen LogP contribution in [0.5, 0.6) is 0 Å². The number of benzene rings is 1. The molecule has 1 aromatic carbocycles. The lowest BCUT2D eigenvalue weighted by Crippen LogP contribution is -2.40. The van der Waals surface area contributed by atoms with E-state index in [-0.39, 0.29) is 0 Å². The zero-order valence-corrected chi connectivity index (χ0v) is 12.5. The largest absolute Gasteiger partial charge is 0.396 e. The lowest BCUT2D eigenvalue weighted by molar-refractivity contribution is 0.108. The molecule has 0 radical (unpaired) electrons. The van der Waals surface area contributed by atoms with E-state index < -0.39 is 13.9 Å². The summed E-state index contributed by atoms with van der Waals surface area (Å²) in [5, 5.41) is 9.72. The van der Waals surface area contributed by atoms with Crippen molar-refractivity contribution in [2.24, 2.45) is 0 Å². The highest BCUT2D eigenvalue weighted by Gasteiger charge is 2.40. The van der Waals surface area contributed by atoms with Gasteiger partial charge in [-0.25, -0.2) is 0 Å². The fourth-order valence-corrected chi connectivity index (χ4v) is 4.03. The second-order valence-corrected chi connectivity index (χ2v) is 10.4. The molecule has 0 saturated heterocycles. The lowest BCUT2D eigenvalue weighted by atomic mass is 9.89. The minimum atomic E-state index is -1.75. The predicted molar refractivity (Wildman–Crippen MR) is 75.7 cm³/mol. The Balaban J connectivity index is 2.50. The van der Waals surface area contributed by atoms with E-state index in [2.05, 4.69) is 43.9 Å². The molecule has 1 aliphatic rings. The first-order valence-corrected chi connectivity index (χ1v) is 10.1. The van der Waals surface area contributed by atoms with Gasteiger partial charge < -0.3 is 4.43 Å². The average Bonchev–Trinajstić information content (AvgIpc) is 2.48. The van der Waals surface area contributed by atoms with E-state index >= 15 is 0 Å². The van der Waals surface area contributed by atoms with Gasteiger partial charge in [-0.05, 0) is 50.9 Å². The minimum Gasteiger partial charge on any atom is -0.396 e. The van der Waals surface area contributed by atoms with Crippen LogP contribution in [0, 0.1) is 11.3 Å². The molecule has 0 aliphatic heterocycles. The molecule has 1 atom stereocenters. The molecule has 2 nitrogen and oxygen atoms in total. The van der Waals surface area contributed by atoms with Crippen LogP contribution in [0.3, 0.4) is 0 Å². The van der Waals surface area contributed by atoms with Crippen molar-refractivity contribution >= 4 is 8.32 Å². The molecule has 18 heavy (non-hydrogen) atoms. The van der Waals surface area contributed by atoms with Crippen LogP contribution in [0.1, 0.15) is 30.4 Å². The number of fused-ring (bicyclic) bond motifs is 1. The molecule has 0 saturated carbocycles. The molecule has 1 aromatic rings. The minimum absolute atomic E-state index is 0.711. The molecule has 0 fully saturated rings. The maximum absolute atomic E-state index is 9.72. The highest BCUT2D eigenvalue weighted by atomic mass is 28.4. The van der Waals surface area contributed by atoms with Crippen molar-refractivity contribution in [1.82, 2.24) is 0 Å². The van der Waals surface area contributed by atoms with Gasteiger partial charge in [0.15, 0.2) is 13.9 Å². The summed E-state index contributed by atoms with van der Waals surface area (Å²) >= 11 is 0. The smallest absolute Gasteiger partial charge is 0.186 e. The normalized spacial score (nSPS) is 23.9. The van der Waals surface area contributed by atoms with Gasteiger partial charge in [0.25, 0.3) is 0 Å². The molecule has 1 aliphatic carbocycles. The van der Waals surface area contributed by atoms with Gasteiger partial charge in [0.1, 0.15) is 6.07 Å². The van der Waals surface area contributed by atoms with Gasteiger partial charge in [-0.15, -0.1) is 0 Å². The van der Waals surface area contributed by atoms with Gasteiger partial charge in [-0.2, -0.15) is 5.26 Å². The van der Waals surface area contributed by atoms with Crippen molar-refractivity contribution in [3.8, 4) is 6.07 Å². The fraction of sp³-hybridized carbons (Fsp3) is 0.533. The van der Waals surface area contributed by atoms with Gasteiger partial charge in [-0.3, -0.25) is 0 Å². The highest BCUT2D eigenvalue weighted by Crippen LogP contribution is 2.38. The van der Waals surface area contributed by atoms with Gasteiger partial charge in [0.2, 0.25) is 0 Å². The van der Waals surface area contributed by atoms with Crippen molar-refractivity contribution in [2.45, 2.75) is 50.9 Å². The van der Waals surface area contributed by atoms with Crippen LogP contribution in [-0.2, 0) is 16.4 Å². The third-order valence-corrected chi connectivity index (χ3v) is 4.30. The van der Waals surface area contributed by atoms with Gasteiger partial charge in [-0.1, -0.05) is 24.3 Å². The molecular weight excluding hydrogens is 238 g/mol. The number of aryl methyl sites for hydroxylation is 1. The van der Waals surface area contributed by atoms with E-state index in [0.29, 0.717) is 0 Å². The van der Waals surface area contributed by atoms with Crippen LogP contribution in [0.2, 0.25) is 19.6 Å². The maximum atomic E-state index is 9.72. The van der Waals surface area contributed by atoms with E-state index in [1.54, 1.807) is 0 Å². The van der Waals surface area contributed by atoms with E-state index in [4.69, 9.17) is 4.43 Å². The Morgan fingerprint density at radius 1 is 1.22 bits per heavy atom. The van der Waals surface area contributed by atoms with Crippen molar-refractivity contribution in [1.29, 1.82) is 5.26 Å². The highest BCUT2D eigenvalue weighted by molar-refractivity contribution is 6.69. The molecular formula is C15H21NOSi. The first-order valence-electron chi connectivity index (χ1n) is 6.67. The molecule has 0 aromatic heterocycles. The zero-order valence-electron chi connectivity index (χ0n) is 11.5. The predicted octanol–water partition coefficient (Wildman–Crippen LogP) is 3.98. The summed E-state index contributed by atoms with van der Waals surface area (Å²) in [6.07, 6.45) is 4.10. The number of hydrogen-bond donors (Lipinski definition) is 0. The van der Waals surface area contributed by atoms with E-state index in [1.807, 2.05) is 6.07 Å². The van der Waals surface area contributed by atoms with Gasteiger partial charge in [0.05, 0.1) is 0 Å². The molecule has 0 N–H and O–H groups in total. The number of rotatable bonds is 2. The molecule has 1 unspecified atom stereocenters. The third kappa shape index (κ3) is 2.65. The monoisotopic (exact) mass is 259 g/mol. The van der Waals surface area contributed by atoms with Crippen LogP contribution < -0.4 is 0 Å². The number of nitrogens with zero attached hydrogens (tertiary/aromatic N) is 1. The SMILES string of the molecule is C[Si](C)(C)OC1(C#N)CCCCc2ccccc21. The lowest BCUT2D eigenvalue weighted by Gasteiger charge is -2.34. The maximum Gasteiger partial charge on any atom is 0.186 e. The van der Waals surface area contributed by atoms with Crippen LogP contribution in [-0.4, -0.2) is 8.32 Å². The summed E-state index contributed by atoms with van der Waals surface area (Å²) in [7, 11) is -1.75. The quantitative estimate of drug-likeness (QED) is 0.594. The topological polar surface area (TPSA) is 33.0 Å². The number of hydrogen-bond acceptors (Lipinski definition) is 2. The van der Waals surface area contributed by atoms with Crippen LogP contribution in [0.4, 0.5) is 0 Å².